The first-order valence-electron chi connectivity index (χ1n) is 5.85. The fraction of sp³-hybridized carbons (Fsp3) is 0.615. The van der Waals surface area contributed by atoms with E-state index >= 15 is 0 Å². The van der Waals surface area contributed by atoms with Crippen molar-refractivity contribution in [2.75, 3.05) is 0 Å². The van der Waals surface area contributed by atoms with Crippen LogP contribution in [0.2, 0.25) is 9.45 Å². The molecule has 2 nitrogen and oxygen atoms in total. The summed E-state index contributed by atoms with van der Waals surface area (Å²) < 4.78 is 5.14. The first-order valence-corrected chi connectivity index (χ1v) is 8.84. The number of carbonyl (C=O) groups excluding carboxylic acids is 1. The molecule has 1 heterocycles. The summed E-state index contributed by atoms with van der Waals surface area (Å²) in [5.41, 5.74) is 9.39. The van der Waals surface area contributed by atoms with Gasteiger partial charge in [-0.2, -0.15) is 0 Å². The van der Waals surface area contributed by atoms with Crippen molar-refractivity contribution < 1.29 is 22.7 Å². The van der Waals surface area contributed by atoms with Crippen LogP contribution in [0.25, 0.3) is 0 Å². The van der Waals surface area contributed by atoms with Crippen LogP contribution in [0.1, 0.15) is 34.6 Å². The van der Waals surface area contributed by atoms with Gasteiger partial charge in [0.25, 0.3) is 0 Å². The van der Waals surface area contributed by atoms with Gasteiger partial charge < -0.3 is 5.73 Å². The molecule has 1 fully saturated rings. The maximum atomic E-state index is 9.22. The second kappa shape index (κ2) is 8.42. The molecule has 0 radical (unpaired) electrons. The Morgan fingerprint density at radius 1 is 1.17 bits per heavy atom. The van der Waals surface area contributed by atoms with Gasteiger partial charge in [0.15, 0.2) is 0 Å². The van der Waals surface area contributed by atoms with E-state index in [-0.39, 0.29) is 30.7 Å². The first-order chi connectivity index (χ1) is 7.36. The van der Waals surface area contributed by atoms with E-state index < -0.39 is 17.9 Å². The van der Waals surface area contributed by atoms with E-state index in [0.29, 0.717) is 0 Å². The zero-order valence-corrected chi connectivity index (χ0v) is 15.0. The SMILES string of the molecule is CC(N)=O.CC1=C(C)C(C)[C]([Ti]2[CH2][CH2]2)=C1C.Cl.Cl. The molecule has 0 spiro atoms. The Bertz CT molecular complexity index is 369. The molecule has 2 N–H and O–H groups in total. The van der Waals surface area contributed by atoms with Gasteiger partial charge in [0, 0.05) is 6.92 Å². The average Bonchev–Trinajstić information content (AvgIpc) is 2.95. The van der Waals surface area contributed by atoms with Crippen LogP contribution < -0.4 is 5.73 Å². The normalized spacial score (nSPS) is 20.7. The van der Waals surface area contributed by atoms with E-state index in [1.807, 2.05) is 3.88 Å². The van der Waals surface area contributed by atoms with E-state index in [2.05, 4.69) is 33.4 Å². The number of carbonyl (C=O) groups is 1. The number of halogens is 2. The van der Waals surface area contributed by atoms with Gasteiger partial charge in [-0.1, -0.05) is 0 Å². The third-order valence-corrected chi connectivity index (χ3v) is 7.53. The van der Waals surface area contributed by atoms with Crippen LogP contribution in [-0.2, 0) is 22.7 Å². The van der Waals surface area contributed by atoms with Crippen LogP contribution in [0, 0.1) is 5.92 Å². The Morgan fingerprint density at radius 3 is 1.78 bits per heavy atom. The van der Waals surface area contributed by atoms with Crippen LogP contribution in [0.5, 0.6) is 0 Å². The molecule has 1 aliphatic carbocycles. The molecule has 2 rings (SSSR count). The van der Waals surface area contributed by atoms with Crippen LogP contribution in [0.15, 0.2) is 20.6 Å². The Morgan fingerprint density at radius 2 is 1.56 bits per heavy atom. The molecule has 0 aromatic carbocycles. The Hall–Kier alpha value is 0.244. The van der Waals surface area contributed by atoms with Gasteiger partial charge in [-0.3, -0.25) is 4.79 Å². The van der Waals surface area contributed by atoms with Gasteiger partial charge in [-0.25, -0.2) is 0 Å². The number of amides is 1. The van der Waals surface area contributed by atoms with Crippen molar-refractivity contribution in [3.8, 4) is 0 Å². The van der Waals surface area contributed by atoms with Gasteiger partial charge in [0.1, 0.15) is 0 Å². The van der Waals surface area contributed by atoms with Gasteiger partial charge in [-0.15, -0.1) is 24.8 Å². The maximum absolute atomic E-state index is 9.22. The fourth-order valence-corrected chi connectivity index (χ4v) is 6.52. The first kappa shape index (κ1) is 20.6. The monoisotopic (exact) mass is 328 g/mol. The summed E-state index contributed by atoms with van der Waals surface area (Å²) in [6.45, 7) is 10.7. The smallest absolute Gasteiger partial charge is 0.147 e. The van der Waals surface area contributed by atoms with Crippen LogP contribution in [0.3, 0.4) is 0 Å². The number of hydrogen-bond acceptors (Lipinski definition) is 1. The average molecular weight is 329 g/mol. The third kappa shape index (κ3) is 5.09. The van der Waals surface area contributed by atoms with Crippen molar-refractivity contribution in [1.82, 2.24) is 0 Å². The van der Waals surface area contributed by atoms with Gasteiger partial charge in [0.05, 0.1) is 0 Å². The Balaban J connectivity index is 0. The third-order valence-electron chi connectivity index (χ3n) is 3.52. The summed E-state index contributed by atoms with van der Waals surface area (Å²) in [5, 5.41) is 0. The quantitative estimate of drug-likeness (QED) is 0.725. The molecular weight excluding hydrogens is 305 g/mol. The number of rotatable bonds is 1. The molecule has 0 saturated carbocycles. The second-order valence-electron chi connectivity index (χ2n) is 4.78. The van der Waals surface area contributed by atoms with Crippen LogP contribution >= 0.6 is 24.8 Å². The van der Waals surface area contributed by atoms with E-state index in [9.17, 15) is 4.79 Å². The van der Waals surface area contributed by atoms with E-state index in [4.69, 9.17) is 0 Å². The molecule has 1 aliphatic heterocycles. The summed E-state index contributed by atoms with van der Waals surface area (Å²) in [6, 6.07) is 0. The molecule has 5 heteroatoms. The predicted molar refractivity (Wildman–Crippen MR) is 79.2 cm³/mol. The second-order valence-corrected chi connectivity index (χ2v) is 9.07. The number of allylic oxidation sites excluding steroid dienone is 4. The Kier molecular flexibility index (Phi) is 9.62. The summed E-state index contributed by atoms with van der Waals surface area (Å²) >= 11 is -0.584. The molecule has 1 atom stereocenters. The van der Waals surface area contributed by atoms with Crippen molar-refractivity contribution >= 4 is 30.7 Å². The Labute approximate surface area is 129 Å². The fourth-order valence-electron chi connectivity index (χ4n) is 2.27. The van der Waals surface area contributed by atoms with E-state index in [0.717, 1.165) is 5.92 Å². The molecule has 1 amide bonds. The summed E-state index contributed by atoms with van der Waals surface area (Å²) in [5.74, 6) is 0.488. The van der Waals surface area contributed by atoms with Crippen LogP contribution in [-0.4, -0.2) is 5.91 Å². The molecule has 0 aromatic rings. The minimum Gasteiger partial charge on any atom is -0.147 e. The van der Waals surface area contributed by atoms with E-state index in [1.54, 1.807) is 26.2 Å². The van der Waals surface area contributed by atoms with Crippen molar-refractivity contribution in [2.24, 2.45) is 11.7 Å². The van der Waals surface area contributed by atoms with Crippen molar-refractivity contribution in [3.63, 3.8) is 0 Å². The summed E-state index contributed by atoms with van der Waals surface area (Å²) in [4.78, 5) is 9.22. The van der Waals surface area contributed by atoms with Gasteiger partial charge in [0.2, 0.25) is 5.91 Å². The van der Waals surface area contributed by atoms with Crippen molar-refractivity contribution in [3.05, 3.63) is 20.6 Å². The van der Waals surface area contributed by atoms with Crippen molar-refractivity contribution in [1.29, 1.82) is 0 Å². The molecule has 105 valence electrons. The minimum atomic E-state index is -0.584. The molecule has 18 heavy (non-hydrogen) atoms. The minimum absolute atomic E-state index is 0. The summed E-state index contributed by atoms with van der Waals surface area (Å²) in [6.07, 6.45) is 0. The molecule has 1 unspecified atom stereocenters. The molecule has 0 bridgehead atoms. The molecular formula is C13H24Cl2NOTi. The molecule has 1 saturated heterocycles. The standard InChI is InChI=1S/C9H13.C2H5NO.C2H4.2ClH.Ti/c1-6-5-7(2)9(4)8(6)3;1-2(3)4;1-2;;;/h6H,1-4H3;1H3,(H2,3,4);1-2H2;2*1H;. The van der Waals surface area contributed by atoms with Gasteiger partial charge in [-0.05, 0) is 0 Å². The number of hydrogen-bond donors (Lipinski definition) is 1. The maximum Gasteiger partial charge on any atom is -0.147 e. The van der Waals surface area contributed by atoms with Gasteiger partial charge >= 0.3 is 81.5 Å². The molecule has 2 aliphatic rings. The zero-order valence-electron chi connectivity index (χ0n) is 11.8. The van der Waals surface area contributed by atoms with Crippen LogP contribution in [0.4, 0.5) is 0 Å². The predicted octanol–water partition coefficient (Wildman–Crippen LogP) is 4.05. The molecule has 0 aromatic heterocycles. The zero-order chi connectivity index (χ0) is 12.5. The van der Waals surface area contributed by atoms with E-state index in [1.165, 1.54) is 6.92 Å². The number of nitrogens with two attached hydrogens (primary N) is 1. The summed E-state index contributed by atoms with van der Waals surface area (Å²) in [7, 11) is 0. The largest absolute Gasteiger partial charge is 0.147 e. The van der Waals surface area contributed by atoms with Crippen molar-refractivity contribution in [2.45, 2.75) is 44.1 Å². The topological polar surface area (TPSA) is 43.1 Å². The number of primary amides is 1.